The molecular weight excluding hydrogens is 374 g/mol. The standard InChI is InChI=1S/C22H25NO4S/c1-2-3-12-28-14-20(21(24)25)23-22(26)27-13-19-17-10-6-4-8-15(17)16-9-5-7-11-18(16)19/h4-11,15,20H,2-3,12-14H2,1H3,(H,23,26)(H,24,25)/t15-,20-/m0/s1. The molecule has 0 saturated heterocycles. The van der Waals surface area contributed by atoms with Gasteiger partial charge in [0.15, 0.2) is 0 Å². The van der Waals surface area contributed by atoms with Gasteiger partial charge in [0.1, 0.15) is 12.6 Å². The molecule has 0 heterocycles. The highest BCUT2D eigenvalue weighted by Gasteiger charge is 2.29. The number of ether oxygens (including phenoxy) is 1. The number of aliphatic carboxylic acids is 1. The summed E-state index contributed by atoms with van der Waals surface area (Å²) in [5.74, 6) is 0.349. The number of rotatable bonds is 9. The number of carboxylic acid groups (broad SMARTS) is 1. The molecule has 0 saturated carbocycles. The van der Waals surface area contributed by atoms with Crippen molar-refractivity contribution in [2.45, 2.75) is 31.7 Å². The van der Waals surface area contributed by atoms with Crippen LogP contribution < -0.4 is 5.32 Å². The molecular formula is C22H25NO4S. The van der Waals surface area contributed by atoms with Crippen molar-refractivity contribution in [3.63, 3.8) is 0 Å². The van der Waals surface area contributed by atoms with Crippen molar-refractivity contribution in [2.24, 2.45) is 0 Å². The highest BCUT2D eigenvalue weighted by Crippen LogP contribution is 2.44. The van der Waals surface area contributed by atoms with Crippen molar-refractivity contribution in [1.29, 1.82) is 0 Å². The number of alkyl carbamates (subject to hydrolysis) is 1. The van der Waals surface area contributed by atoms with Crippen LogP contribution in [0.1, 0.15) is 36.8 Å². The van der Waals surface area contributed by atoms with Crippen molar-refractivity contribution >= 4 is 29.4 Å². The monoisotopic (exact) mass is 399 g/mol. The van der Waals surface area contributed by atoms with E-state index in [1.165, 1.54) is 17.3 Å². The van der Waals surface area contributed by atoms with Crippen LogP contribution in [-0.2, 0) is 9.53 Å². The molecule has 0 aliphatic heterocycles. The molecule has 0 spiro atoms. The Morgan fingerprint density at radius 2 is 2.11 bits per heavy atom. The first kappa shape index (κ1) is 20.3. The minimum Gasteiger partial charge on any atom is -0.480 e. The van der Waals surface area contributed by atoms with E-state index in [0.29, 0.717) is 5.75 Å². The summed E-state index contributed by atoms with van der Waals surface area (Å²) < 4.78 is 5.40. The number of hydrogen-bond acceptors (Lipinski definition) is 4. The summed E-state index contributed by atoms with van der Waals surface area (Å²) in [6, 6.07) is 7.15. The molecule has 28 heavy (non-hydrogen) atoms. The number of carbonyl (C=O) groups is 2. The molecule has 2 N–H and O–H groups in total. The average molecular weight is 400 g/mol. The zero-order chi connectivity index (χ0) is 19.9. The average Bonchev–Trinajstić information content (AvgIpc) is 3.02. The lowest BCUT2D eigenvalue weighted by Gasteiger charge is -2.15. The Bertz CT molecular complexity index is 828. The van der Waals surface area contributed by atoms with Crippen molar-refractivity contribution in [3.8, 4) is 0 Å². The number of fused-ring (bicyclic) bond motifs is 3. The molecule has 148 valence electrons. The van der Waals surface area contributed by atoms with Crippen molar-refractivity contribution in [3.05, 3.63) is 65.3 Å². The first-order chi connectivity index (χ1) is 13.6. The van der Waals surface area contributed by atoms with E-state index in [2.05, 4.69) is 24.4 Å². The van der Waals surface area contributed by atoms with Gasteiger partial charge in [-0.2, -0.15) is 11.8 Å². The fourth-order valence-electron chi connectivity index (χ4n) is 3.40. The van der Waals surface area contributed by atoms with Gasteiger partial charge in [-0.15, -0.1) is 0 Å². The van der Waals surface area contributed by atoms with E-state index in [4.69, 9.17) is 4.74 Å². The van der Waals surface area contributed by atoms with E-state index < -0.39 is 18.1 Å². The Balaban J connectivity index is 1.61. The Labute approximate surface area is 169 Å². The SMILES string of the molecule is CCCCSC[C@H](NC(=O)OCC1=C2C=CC=C[C@H]2c2ccccc21)C(=O)O. The van der Waals surface area contributed by atoms with E-state index >= 15 is 0 Å². The number of carbonyl (C=O) groups excluding carboxylic acids is 1. The van der Waals surface area contributed by atoms with Gasteiger partial charge in [-0.1, -0.05) is 61.9 Å². The number of hydrogen-bond donors (Lipinski definition) is 2. The molecule has 0 aromatic heterocycles. The number of allylic oxidation sites excluding steroid dienone is 5. The van der Waals surface area contributed by atoms with Gasteiger partial charge in [0.2, 0.25) is 0 Å². The van der Waals surface area contributed by atoms with Gasteiger partial charge < -0.3 is 15.2 Å². The number of nitrogens with one attached hydrogen (secondary N) is 1. The molecule has 1 amide bonds. The smallest absolute Gasteiger partial charge is 0.408 e. The predicted octanol–water partition coefficient (Wildman–Crippen LogP) is 4.38. The van der Waals surface area contributed by atoms with Gasteiger partial charge >= 0.3 is 12.1 Å². The highest BCUT2D eigenvalue weighted by atomic mass is 32.2. The van der Waals surface area contributed by atoms with E-state index in [1.54, 1.807) is 0 Å². The van der Waals surface area contributed by atoms with Crippen LogP contribution >= 0.6 is 11.8 Å². The zero-order valence-corrected chi connectivity index (χ0v) is 16.7. The zero-order valence-electron chi connectivity index (χ0n) is 15.9. The number of unbranched alkanes of at least 4 members (excludes halogenated alkanes) is 1. The maximum absolute atomic E-state index is 12.2. The Kier molecular flexibility index (Phi) is 6.98. The summed E-state index contributed by atoms with van der Waals surface area (Å²) in [7, 11) is 0. The van der Waals surface area contributed by atoms with Crippen molar-refractivity contribution in [2.75, 3.05) is 18.1 Å². The minimum atomic E-state index is -1.05. The lowest BCUT2D eigenvalue weighted by molar-refractivity contribution is -0.138. The molecule has 2 atom stereocenters. The van der Waals surface area contributed by atoms with E-state index in [9.17, 15) is 14.7 Å². The van der Waals surface area contributed by atoms with Crippen LogP contribution in [0.2, 0.25) is 0 Å². The van der Waals surface area contributed by atoms with Gasteiger partial charge in [0.05, 0.1) is 0 Å². The molecule has 5 nitrogen and oxygen atoms in total. The quantitative estimate of drug-likeness (QED) is 0.603. The third-order valence-corrected chi connectivity index (χ3v) is 6.01. The van der Waals surface area contributed by atoms with Crippen LogP contribution in [0.25, 0.3) is 5.57 Å². The van der Waals surface area contributed by atoms with E-state index in [1.807, 2.05) is 36.4 Å². The minimum absolute atomic E-state index is 0.113. The second kappa shape index (κ2) is 9.64. The number of benzene rings is 1. The summed E-state index contributed by atoms with van der Waals surface area (Å²) in [6.45, 7) is 2.20. The van der Waals surface area contributed by atoms with E-state index in [0.717, 1.165) is 35.3 Å². The predicted molar refractivity (Wildman–Crippen MR) is 113 cm³/mol. The van der Waals surface area contributed by atoms with Crippen LogP contribution in [0.5, 0.6) is 0 Å². The second-order valence-corrected chi connectivity index (χ2v) is 7.93. The summed E-state index contributed by atoms with van der Waals surface area (Å²) in [4.78, 5) is 23.6. The van der Waals surface area contributed by atoms with Crippen LogP contribution in [0.3, 0.4) is 0 Å². The number of amides is 1. The molecule has 0 bridgehead atoms. The molecule has 1 aromatic carbocycles. The lowest BCUT2D eigenvalue weighted by Crippen LogP contribution is -2.43. The molecule has 3 rings (SSSR count). The Morgan fingerprint density at radius 3 is 2.89 bits per heavy atom. The van der Waals surface area contributed by atoms with Gasteiger partial charge in [-0.3, -0.25) is 0 Å². The van der Waals surface area contributed by atoms with Gasteiger partial charge in [-0.05, 0) is 28.9 Å². The molecule has 0 unspecified atom stereocenters. The molecule has 0 radical (unpaired) electrons. The third-order valence-electron chi connectivity index (χ3n) is 4.86. The molecule has 2 aliphatic rings. The molecule has 0 fully saturated rings. The topological polar surface area (TPSA) is 75.6 Å². The molecule has 6 heteroatoms. The van der Waals surface area contributed by atoms with Crippen molar-refractivity contribution in [1.82, 2.24) is 5.32 Å². The van der Waals surface area contributed by atoms with Crippen LogP contribution in [0.15, 0.2) is 54.1 Å². The third kappa shape index (κ3) is 4.68. The van der Waals surface area contributed by atoms with Gasteiger partial charge in [0, 0.05) is 17.2 Å². The fraction of sp³-hybridized carbons (Fsp3) is 0.364. The van der Waals surface area contributed by atoms with Crippen LogP contribution in [0.4, 0.5) is 4.79 Å². The van der Waals surface area contributed by atoms with E-state index in [-0.39, 0.29) is 12.5 Å². The highest BCUT2D eigenvalue weighted by molar-refractivity contribution is 7.99. The van der Waals surface area contributed by atoms with Gasteiger partial charge in [-0.25, -0.2) is 9.59 Å². The Hall–Kier alpha value is -2.47. The normalized spacial score (nSPS) is 17.8. The first-order valence-electron chi connectivity index (χ1n) is 9.52. The molecule has 2 aliphatic carbocycles. The summed E-state index contributed by atoms with van der Waals surface area (Å²) in [6.07, 6.45) is 9.57. The van der Waals surface area contributed by atoms with Crippen molar-refractivity contribution < 1.29 is 19.4 Å². The van der Waals surface area contributed by atoms with Gasteiger partial charge in [0.25, 0.3) is 0 Å². The number of carboxylic acids is 1. The Morgan fingerprint density at radius 1 is 1.29 bits per heavy atom. The summed E-state index contributed by atoms with van der Waals surface area (Å²) in [5.41, 5.74) is 4.38. The first-order valence-corrected chi connectivity index (χ1v) is 10.7. The maximum Gasteiger partial charge on any atom is 0.408 e. The number of thioether (sulfide) groups is 1. The second-order valence-electron chi connectivity index (χ2n) is 6.78. The molecule has 1 aromatic rings. The van der Waals surface area contributed by atoms with Crippen LogP contribution in [-0.4, -0.2) is 41.3 Å². The summed E-state index contributed by atoms with van der Waals surface area (Å²) >= 11 is 1.53. The summed E-state index contributed by atoms with van der Waals surface area (Å²) in [5, 5.41) is 11.8. The lowest BCUT2D eigenvalue weighted by atomic mass is 9.92. The maximum atomic E-state index is 12.2. The fourth-order valence-corrected chi connectivity index (χ4v) is 4.53. The largest absolute Gasteiger partial charge is 0.480 e. The van der Waals surface area contributed by atoms with Crippen LogP contribution in [0, 0.1) is 0 Å².